The number of hydrogen-bond acceptors (Lipinski definition) is 3. The molecule has 1 unspecified atom stereocenters. The van der Waals surface area contributed by atoms with Gasteiger partial charge in [-0.15, -0.1) is 0 Å². The topological polar surface area (TPSA) is 44.5 Å². The number of hydrogen-bond donors (Lipinski definition) is 1. The van der Waals surface area contributed by atoms with Crippen molar-refractivity contribution < 1.29 is 9.31 Å². The zero-order valence-electron chi connectivity index (χ0n) is 8.17. The van der Waals surface area contributed by atoms with Gasteiger partial charge in [0.25, 0.3) is 0 Å². The average Bonchev–Trinajstić information content (AvgIpc) is 2.35. The van der Waals surface area contributed by atoms with E-state index in [0.717, 1.165) is 6.42 Å². The van der Waals surface area contributed by atoms with Crippen molar-refractivity contribution in [2.45, 2.75) is 38.6 Å². The lowest BCUT2D eigenvalue weighted by Gasteiger charge is -2.20. The highest BCUT2D eigenvalue weighted by atomic mass is 16.6. The molecule has 70 valence electrons. The van der Waals surface area contributed by atoms with Gasteiger partial charge in [0.1, 0.15) is 0 Å². The minimum Gasteiger partial charge on any atom is -0.408 e. The maximum Gasteiger partial charge on any atom is 0.463 e. The van der Waals surface area contributed by atoms with E-state index in [1.54, 1.807) is 0 Å². The van der Waals surface area contributed by atoms with Gasteiger partial charge in [-0.1, -0.05) is 20.8 Å². The molecule has 12 heavy (non-hydrogen) atoms. The van der Waals surface area contributed by atoms with E-state index in [1.165, 1.54) is 0 Å². The van der Waals surface area contributed by atoms with Crippen LogP contribution in [0, 0.1) is 0 Å². The second-order valence-electron chi connectivity index (χ2n) is 4.37. The summed E-state index contributed by atoms with van der Waals surface area (Å²) in [4.78, 5) is 0. The predicted molar refractivity (Wildman–Crippen MR) is 50.0 cm³/mol. The SMILES string of the molecule is CC(C)(C)B1OCC(CCN)O1. The third kappa shape index (κ3) is 2.47. The molecule has 1 aliphatic rings. The van der Waals surface area contributed by atoms with Crippen LogP contribution in [0.15, 0.2) is 0 Å². The van der Waals surface area contributed by atoms with Crippen molar-refractivity contribution in [3.05, 3.63) is 0 Å². The van der Waals surface area contributed by atoms with Crippen LogP contribution in [0.3, 0.4) is 0 Å². The number of nitrogens with two attached hydrogens (primary N) is 1. The van der Waals surface area contributed by atoms with Gasteiger partial charge in [-0.05, 0) is 18.3 Å². The van der Waals surface area contributed by atoms with Crippen LogP contribution < -0.4 is 5.73 Å². The summed E-state index contributed by atoms with van der Waals surface area (Å²) in [5.74, 6) is 0. The summed E-state index contributed by atoms with van der Waals surface area (Å²) in [5.41, 5.74) is 5.43. The highest BCUT2D eigenvalue weighted by Gasteiger charge is 2.40. The molecule has 3 nitrogen and oxygen atoms in total. The van der Waals surface area contributed by atoms with Crippen molar-refractivity contribution in [2.75, 3.05) is 13.2 Å². The Bertz CT molecular complexity index is 146. The van der Waals surface area contributed by atoms with Crippen LogP contribution in [0.25, 0.3) is 0 Å². The molecule has 0 amide bonds. The molecule has 4 heteroatoms. The maximum atomic E-state index is 5.66. The lowest BCUT2D eigenvalue weighted by atomic mass is 9.61. The van der Waals surface area contributed by atoms with Gasteiger partial charge in [-0.25, -0.2) is 0 Å². The Morgan fingerprint density at radius 1 is 1.50 bits per heavy atom. The summed E-state index contributed by atoms with van der Waals surface area (Å²) in [6.07, 6.45) is 1.10. The van der Waals surface area contributed by atoms with E-state index in [1.807, 2.05) is 0 Å². The predicted octanol–water partition coefficient (Wildman–Crippen LogP) is 1.04. The van der Waals surface area contributed by atoms with Gasteiger partial charge in [0.15, 0.2) is 0 Å². The third-order valence-electron chi connectivity index (χ3n) is 1.95. The van der Waals surface area contributed by atoms with E-state index in [4.69, 9.17) is 15.0 Å². The summed E-state index contributed by atoms with van der Waals surface area (Å²) in [5, 5.41) is 0.0728. The Morgan fingerprint density at radius 3 is 2.58 bits per heavy atom. The molecule has 1 saturated heterocycles. The largest absolute Gasteiger partial charge is 0.463 e. The third-order valence-corrected chi connectivity index (χ3v) is 1.95. The molecule has 0 bridgehead atoms. The van der Waals surface area contributed by atoms with E-state index >= 15 is 0 Å². The van der Waals surface area contributed by atoms with E-state index in [-0.39, 0.29) is 18.5 Å². The first-order chi connectivity index (χ1) is 5.54. The van der Waals surface area contributed by atoms with Crippen molar-refractivity contribution in [2.24, 2.45) is 5.73 Å². The van der Waals surface area contributed by atoms with Gasteiger partial charge < -0.3 is 15.0 Å². The highest BCUT2D eigenvalue weighted by Crippen LogP contribution is 2.32. The summed E-state index contributed by atoms with van der Waals surface area (Å²) in [7, 11) is -0.0611. The molecule has 0 spiro atoms. The Labute approximate surface area is 74.7 Å². The molecule has 2 N–H and O–H groups in total. The van der Waals surface area contributed by atoms with Crippen LogP contribution in [-0.2, 0) is 9.31 Å². The second kappa shape index (κ2) is 3.77. The minimum absolute atomic E-state index is 0.0611. The molecule has 1 fully saturated rings. The van der Waals surface area contributed by atoms with Crippen molar-refractivity contribution in [3.63, 3.8) is 0 Å². The van der Waals surface area contributed by atoms with Crippen LogP contribution in [0.4, 0.5) is 0 Å². The van der Waals surface area contributed by atoms with Crippen molar-refractivity contribution in [1.29, 1.82) is 0 Å². The van der Waals surface area contributed by atoms with Gasteiger partial charge in [-0.3, -0.25) is 0 Å². The van der Waals surface area contributed by atoms with Crippen LogP contribution >= 0.6 is 0 Å². The van der Waals surface area contributed by atoms with Crippen molar-refractivity contribution in [3.8, 4) is 0 Å². The standard InChI is InChI=1S/C8H18BNO2/c1-8(2,3)9-11-6-7(12-9)4-5-10/h7H,4-6,10H2,1-3H3. The zero-order valence-corrected chi connectivity index (χ0v) is 8.17. The van der Waals surface area contributed by atoms with Crippen molar-refractivity contribution in [1.82, 2.24) is 0 Å². The Balaban J connectivity index is 2.35. The Hall–Kier alpha value is -0.0551. The molecule has 1 rings (SSSR count). The van der Waals surface area contributed by atoms with Crippen molar-refractivity contribution >= 4 is 7.12 Å². The molecule has 0 aromatic heterocycles. The smallest absolute Gasteiger partial charge is 0.408 e. The lowest BCUT2D eigenvalue weighted by Crippen LogP contribution is -2.28. The van der Waals surface area contributed by atoms with Crippen LogP contribution in [0.1, 0.15) is 27.2 Å². The number of rotatable bonds is 2. The van der Waals surface area contributed by atoms with Gasteiger partial charge in [-0.2, -0.15) is 0 Å². The first kappa shape index (κ1) is 10.0. The molecule has 0 aliphatic carbocycles. The van der Waals surface area contributed by atoms with Crippen LogP contribution in [-0.4, -0.2) is 26.4 Å². The zero-order chi connectivity index (χ0) is 9.19. The molecule has 1 heterocycles. The van der Waals surface area contributed by atoms with E-state index < -0.39 is 0 Å². The average molecular weight is 171 g/mol. The molecule has 0 saturated carbocycles. The van der Waals surface area contributed by atoms with Gasteiger partial charge in [0, 0.05) is 0 Å². The first-order valence-corrected chi connectivity index (χ1v) is 4.51. The Morgan fingerprint density at radius 2 is 2.17 bits per heavy atom. The molecule has 1 atom stereocenters. The summed E-state index contributed by atoms with van der Waals surface area (Å²) in [6, 6.07) is 0. The maximum absolute atomic E-state index is 5.66. The van der Waals surface area contributed by atoms with E-state index in [2.05, 4.69) is 20.8 Å². The monoisotopic (exact) mass is 171 g/mol. The molecule has 0 radical (unpaired) electrons. The fourth-order valence-corrected chi connectivity index (χ4v) is 1.24. The van der Waals surface area contributed by atoms with Crippen LogP contribution in [0.2, 0.25) is 5.31 Å². The summed E-state index contributed by atoms with van der Waals surface area (Å²) in [6.45, 7) is 7.71. The molecule has 0 aromatic carbocycles. The molecular formula is C8H18BNO2. The normalized spacial score (nSPS) is 25.0. The fourth-order valence-electron chi connectivity index (χ4n) is 1.24. The minimum atomic E-state index is -0.0611. The molecular weight excluding hydrogens is 153 g/mol. The quantitative estimate of drug-likeness (QED) is 0.631. The highest BCUT2D eigenvalue weighted by molar-refractivity contribution is 6.48. The second-order valence-corrected chi connectivity index (χ2v) is 4.37. The first-order valence-electron chi connectivity index (χ1n) is 4.51. The van der Waals surface area contributed by atoms with E-state index in [9.17, 15) is 0 Å². The Kier molecular flexibility index (Phi) is 3.15. The van der Waals surface area contributed by atoms with Gasteiger partial charge >= 0.3 is 7.12 Å². The van der Waals surface area contributed by atoms with E-state index in [0.29, 0.717) is 13.2 Å². The molecule has 1 aliphatic heterocycles. The fraction of sp³-hybridized carbons (Fsp3) is 1.00. The lowest BCUT2D eigenvalue weighted by molar-refractivity contribution is 0.221. The van der Waals surface area contributed by atoms with Crippen LogP contribution in [0.5, 0.6) is 0 Å². The summed E-state index contributed by atoms with van der Waals surface area (Å²) >= 11 is 0. The molecule has 0 aromatic rings. The van der Waals surface area contributed by atoms with Gasteiger partial charge in [0.2, 0.25) is 0 Å². The van der Waals surface area contributed by atoms with Gasteiger partial charge in [0.05, 0.1) is 12.7 Å². The summed E-state index contributed by atoms with van der Waals surface area (Å²) < 4.78 is 11.2.